The SMILES string of the molecule is CC(C)(C)OC(=O)CCC(CCC(=O)OC(C)(C)C)(CCC(=O)OC(C)(C)C)NC(=O)NCCOCCOCCOCCN=[N+]=[N-]. The maximum atomic E-state index is 13.1. The van der Waals surface area contributed by atoms with Gasteiger partial charge in [-0.1, -0.05) is 5.11 Å². The van der Waals surface area contributed by atoms with Crippen LogP contribution < -0.4 is 10.6 Å². The normalized spacial score (nSPS) is 12.1. The highest BCUT2D eigenvalue weighted by Crippen LogP contribution is 2.28. The van der Waals surface area contributed by atoms with Gasteiger partial charge >= 0.3 is 23.9 Å². The number of urea groups is 1. The lowest BCUT2D eigenvalue weighted by Crippen LogP contribution is -2.53. The van der Waals surface area contributed by atoms with E-state index in [0.29, 0.717) is 33.0 Å². The molecule has 0 saturated heterocycles. The Kier molecular flexibility index (Phi) is 20.2. The van der Waals surface area contributed by atoms with Gasteiger partial charge < -0.3 is 39.1 Å². The highest BCUT2D eigenvalue weighted by Gasteiger charge is 2.35. The number of ether oxygens (including phenoxy) is 6. The van der Waals surface area contributed by atoms with Gasteiger partial charge in [0, 0.05) is 42.8 Å². The summed E-state index contributed by atoms with van der Waals surface area (Å²) in [5.74, 6) is -1.41. The predicted octanol–water partition coefficient (Wildman–Crippen LogP) is 4.75. The third-order valence-electron chi connectivity index (χ3n) is 5.74. The molecule has 0 atom stereocenters. The van der Waals surface area contributed by atoms with Crippen molar-refractivity contribution in [2.24, 2.45) is 5.11 Å². The van der Waals surface area contributed by atoms with Crippen molar-refractivity contribution in [3.63, 3.8) is 0 Å². The van der Waals surface area contributed by atoms with E-state index < -0.39 is 46.3 Å². The van der Waals surface area contributed by atoms with Gasteiger partial charge in [-0.25, -0.2) is 4.79 Å². The molecule has 2 amide bonds. The van der Waals surface area contributed by atoms with Crippen molar-refractivity contribution >= 4 is 23.9 Å². The average Bonchev–Trinajstić information content (AvgIpc) is 2.89. The molecular weight excluding hydrogens is 602 g/mol. The minimum atomic E-state index is -1.13. The van der Waals surface area contributed by atoms with E-state index in [9.17, 15) is 19.2 Å². The second-order valence-electron chi connectivity index (χ2n) is 13.7. The third kappa shape index (κ3) is 26.1. The number of nitrogens with one attached hydrogen (secondary N) is 2. The maximum absolute atomic E-state index is 13.1. The topological polar surface area (TPSA) is 196 Å². The van der Waals surface area contributed by atoms with Crippen molar-refractivity contribution in [2.75, 3.05) is 52.7 Å². The van der Waals surface area contributed by atoms with Gasteiger partial charge in [-0.05, 0) is 87.1 Å². The second-order valence-corrected chi connectivity index (χ2v) is 13.7. The highest BCUT2D eigenvalue weighted by atomic mass is 16.6. The van der Waals surface area contributed by atoms with Gasteiger partial charge in [0.05, 0.1) is 39.6 Å². The zero-order chi connectivity index (χ0) is 35.3. The summed E-state index contributed by atoms with van der Waals surface area (Å²) in [5.41, 5.74) is 4.97. The van der Waals surface area contributed by atoms with Crippen molar-refractivity contribution in [1.29, 1.82) is 0 Å². The van der Waals surface area contributed by atoms with E-state index in [-0.39, 0.29) is 58.2 Å². The Morgan fingerprint density at radius 2 is 0.978 bits per heavy atom. The third-order valence-corrected chi connectivity index (χ3v) is 5.74. The molecule has 0 bridgehead atoms. The number of hydrogen-bond donors (Lipinski definition) is 2. The first-order valence-corrected chi connectivity index (χ1v) is 15.7. The van der Waals surface area contributed by atoms with Crippen molar-refractivity contribution in [3.05, 3.63) is 10.4 Å². The first-order chi connectivity index (χ1) is 21.3. The fourth-order valence-corrected chi connectivity index (χ4v) is 3.98. The Labute approximate surface area is 273 Å². The summed E-state index contributed by atoms with van der Waals surface area (Å²) in [6, 6.07) is -0.546. The Hall–Kier alpha value is -3.13. The summed E-state index contributed by atoms with van der Waals surface area (Å²) in [5, 5.41) is 9.03. The number of carbonyl (C=O) groups is 4. The van der Waals surface area contributed by atoms with Crippen LogP contribution in [0.15, 0.2) is 5.11 Å². The van der Waals surface area contributed by atoms with E-state index in [1.165, 1.54) is 0 Å². The number of hydrogen-bond acceptors (Lipinski definition) is 11. The molecule has 0 unspecified atom stereocenters. The Balaban J connectivity index is 5.32. The maximum Gasteiger partial charge on any atom is 0.315 e. The molecule has 15 nitrogen and oxygen atoms in total. The molecule has 0 spiro atoms. The largest absolute Gasteiger partial charge is 0.460 e. The Bertz CT molecular complexity index is 901. The number of carbonyl (C=O) groups excluding carboxylic acids is 4. The predicted molar refractivity (Wildman–Crippen MR) is 171 cm³/mol. The van der Waals surface area contributed by atoms with Crippen LogP contribution in [0.1, 0.15) is 101 Å². The molecule has 0 rings (SSSR count). The first-order valence-electron chi connectivity index (χ1n) is 15.7. The number of rotatable bonds is 22. The van der Waals surface area contributed by atoms with Crippen LogP contribution in [-0.2, 0) is 42.8 Å². The van der Waals surface area contributed by atoms with Crippen molar-refractivity contribution in [2.45, 2.75) is 123 Å². The number of amides is 2. The van der Waals surface area contributed by atoms with Gasteiger partial charge in [-0.15, -0.1) is 0 Å². The van der Waals surface area contributed by atoms with Crippen molar-refractivity contribution < 1.29 is 47.6 Å². The molecule has 0 aromatic heterocycles. The Morgan fingerprint density at radius 1 is 0.609 bits per heavy atom. The lowest BCUT2D eigenvalue weighted by Gasteiger charge is -2.35. The molecule has 46 heavy (non-hydrogen) atoms. The summed E-state index contributed by atoms with van der Waals surface area (Å²) < 4.78 is 32.6. The van der Waals surface area contributed by atoms with Gasteiger partial charge in [0.1, 0.15) is 16.8 Å². The molecule has 0 aliphatic rings. The molecular formula is C31H57N5O10. The van der Waals surface area contributed by atoms with E-state index >= 15 is 0 Å². The monoisotopic (exact) mass is 659 g/mol. The number of azide groups is 1. The zero-order valence-electron chi connectivity index (χ0n) is 29.3. The number of nitrogens with zero attached hydrogens (tertiary/aromatic N) is 3. The fourth-order valence-electron chi connectivity index (χ4n) is 3.98. The van der Waals surface area contributed by atoms with Crippen molar-refractivity contribution in [3.8, 4) is 0 Å². The average molecular weight is 660 g/mol. The van der Waals surface area contributed by atoms with E-state index in [1.54, 1.807) is 62.3 Å². The fraction of sp³-hybridized carbons (Fsp3) is 0.871. The van der Waals surface area contributed by atoms with Gasteiger partial charge in [-0.2, -0.15) is 0 Å². The summed E-state index contributed by atoms with van der Waals surface area (Å²) in [7, 11) is 0. The van der Waals surface area contributed by atoms with Crippen LogP contribution >= 0.6 is 0 Å². The van der Waals surface area contributed by atoms with Gasteiger partial charge in [-0.3, -0.25) is 14.4 Å². The summed E-state index contributed by atoms with van der Waals surface area (Å²) >= 11 is 0. The van der Waals surface area contributed by atoms with Crippen LogP contribution in [0.3, 0.4) is 0 Å². The minimum Gasteiger partial charge on any atom is -0.460 e. The molecule has 0 radical (unpaired) electrons. The van der Waals surface area contributed by atoms with Gasteiger partial charge in [0.25, 0.3) is 0 Å². The zero-order valence-corrected chi connectivity index (χ0v) is 29.3. The van der Waals surface area contributed by atoms with Crippen LogP contribution in [0.2, 0.25) is 0 Å². The second kappa shape index (κ2) is 21.6. The quantitative estimate of drug-likeness (QED) is 0.0409. The molecule has 0 heterocycles. The summed E-state index contributed by atoms with van der Waals surface area (Å²) in [6.07, 6.45) is 0.185. The molecule has 0 saturated carbocycles. The van der Waals surface area contributed by atoms with Crippen LogP contribution in [0.25, 0.3) is 10.4 Å². The standard InChI is InChI=1S/C31H57N5O10/c1-28(2,3)44-24(37)10-13-31(14-11-25(38)45-29(4,5)6,15-12-26(39)46-30(7,8)9)35-27(40)33-16-18-41-20-22-43-23-21-42-19-17-34-36-32/h10-23H2,1-9H3,(H2,33,35,40). The molecule has 266 valence electrons. The van der Waals surface area contributed by atoms with Crippen LogP contribution in [0.5, 0.6) is 0 Å². The van der Waals surface area contributed by atoms with Crippen molar-refractivity contribution in [1.82, 2.24) is 10.6 Å². The van der Waals surface area contributed by atoms with Crippen LogP contribution in [0, 0.1) is 0 Å². The van der Waals surface area contributed by atoms with Crippen LogP contribution in [0.4, 0.5) is 4.79 Å². The van der Waals surface area contributed by atoms with Gasteiger partial charge in [0.2, 0.25) is 0 Å². The summed E-state index contributed by atoms with van der Waals surface area (Å²) in [6.45, 7) is 18.1. The van der Waals surface area contributed by atoms with E-state index in [0.717, 1.165) is 0 Å². The van der Waals surface area contributed by atoms with Crippen LogP contribution in [-0.4, -0.2) is 99.0 Å². The molecule has 0 aliphatic carbocycles. The van der Waals surface area contributed by atoms with Gasteiger partial charge in [0.15, 0.2) is 0 Å². The molecule has 0 aromatic rings. The molecule has 2 N–H and O–H groups in total. The van der Waals surface area contributed by atoms with E-state index in [4.69, 9.17) is 34.0 Å². The minimum absolute atomic E-state index is 0.0534. The van der Waals surface area contributed by atoms with E-state index in [2.05, 4.69) is 20.7 Å². The summed E-state index contributed by atoms with van der Waals surface area (Å²) in [4.78, 5) is 53.7. The smallest absolute Gasteiger partial charge is 0.315 e. The first kappa shape index (κ1) is 42.9. The molecule has 0 fully saturated rings. The lowest BCUT2D eigenvalue weighted by atomic mass is 9.83. The highest BCUT2D eigenvalue weighted by molar-refractivity contribution is 5.76. The molecule has 0 aromatic carbocycles. The Morgan fingerprint density at radius 3 is 1.35 bits per heavy atom. The molecule has 15 heteroatoms. The number of esters is 3. The molecule has 0 aliphatic heterocycles. The van der Waals surface area contributed by atoms with E-state index in [1.807, 2.05) is 0 Å². The lowest BCUT2D eigenvalue weighted by molar-refractivity contribution is -0.155.